The van der Waals surface area contributed by atoms with E-state index in [4.69, 9.17) is 16.3 Å². The molecule has 114 valence electrons. The number of alkyl halides is 1. The van der Waals surface area contributed by atoms with E-state index in [1.54, 1.807) is 6.92 Å². The van der Waals surface area contributed by atoms with Gasteiger partial charge in [0.15, 0.2) is 5.78 Å². The first kappa shape index (κ1) is 17.2. The summed E-state index contributed by atoms with van der Waals surface area (Å²) in [6, 6.07) is 1.91. The zero-order chi connectivity index (χ0) is 15.3. The van der Waals surface area contributed by atoms with E-state index in [0.717, 1.165) is 36.6 Å². The molecule has 0 aliphatic heterocycles. The van der Waals surface area contributed by atoms with Crippen molar-refractivity contribution in [3.05, 3.63) is 23.0 Å². The third-order valence-corrected chi connectivity index (χ3v) is 3.54. The van der Waals surface area contributed by atoms with Crippen LogP contribution in [0.3, 0.4) is 0 Å². The lowest BCUT2D eigenvalue weighted by Gasteiger charge is -2.12. The number of hydrogen-bond donors (Lipinski definition) is 0. The molecule has 1 heterocycles. The molecule has 5 heteroatoms. The maximum Gasteiger partial charge on any atom is 0.182 e. The van der Waals surface area contributed by atoms with E-state index in [1.165, 1.54) is 0 Å². The molecule has 0 aliphatic carbocycles. The van der Waals surface area contributed by atoms with Crippen molar-refractivity contribution < 1.29 is 9.53 Å². The summed E-state index contributed by atoms with van der Waals surface area (Å²) in [6.07, 6.45) is 0. The van der Waals surface area contributed by atoms with Gasteiger partial charge in [0.2, 0.25) is 0 Å². The number of aromatic nitrogens is 1. The summed E-state index contributed by atoms with van der Waals surface area (Å²) < 4.78 is 7.72. The van der Waals surface area contributed by atoms with E-state index in [9.17, 15) is 4.79 Å². The van der Waals surface area contributed by atoms with Crippen LogP contribution in [0.25, 0.3) is 0 Å². The molecule has 1 aromatic rings. The van der Waals surface area contributed by atoms with Crippen LogP contribution in [0.2, 0.25) is 0 Å². The third kappa shape index (κ3) is 4.62. The number of ketones is 1. The lowest BCUT2D eigenvalue weighted by Crippen LogP contribution is -2.19. The summed E-state index contributed by atoms with van der Waals surface area (Å²) in [5.74, 6) is -0.0143. The molecule has 0 bridgehead atoms. The van der Waals surface area contributed by atoms with Gasteiger partial charge in [-0.1, -0.05) is 0 Å². The quantitative estimate of drug-likeness (QED) is 0.420. The van der Waals surface area contributed by atoms with Crippen molar-refractivity contribution in [1.29, 1.82) is 0 Å². The van der Waals surface area contributed by atoms with Gasteiger partial charge in [0.1, 0.15) is 0 Å². The molecule has 0 saturated carbocycles. The zero-order valence-electron chi connectivity index (χ0n) is 13.1. The van der Waals surface area contributed by atoms with Crippen LogP contribution >= 0.6 is 11.6 Å². The predicted molar refractivity (Wildman–Crippen MR) is 82.9 cm³/mol. The molecular formula is C15H25ClN2O2. The van der Waals surface area contributed by atoms with Gasteiger partial charge < -0.3 is 14.2 Å². The van der Waals surface area contributed by atoms with Crippen molar-refractivity contribution >= 4 is 17.4 Å². The minimum absolute atomic E-state index is 0.0143. The average molecular weight is 301 g/mol. The van der Waals surface area contributed by atoms with Crippen molar-refractivity contribution in [2.24, 2.45) is 0 Å². The first-order valence-corrected chi connectivity index (χ1v) is 7.35. The Morgan fingerprint density at radius 1 is 1.40 bits per heavy atom. The summed E-state index contributed by atoms with van der Waals surface area (Å²) >= 11 is 5.88. The van der Waals surface area contributed by atoms with Crippen LogP contribution in [0.1, 0.15) is 28.7 Å². The Kier molecular flexibility index (Phi) is 6.72. The molecule has 1 rings (SSSR count). The lowest BCUT2D eigenvalue weighted by molar-refractivity contribution is 0.0989. The Morgan fingerprint density at radius 2 is 2.05 bits per heavy atom. The molecule has 1 aromatic heterocycles. The topological polar surface area (TPSA) is 34.5 Å². The fraction of sp³-hybridized carbons (Fsp3) is 0.667. The van der Waals surface area contributed by atoms with Crippen LogP contribution < -0.4 is 0 Å². The Hall–Kier alpha value is -0.840. The summed E-state index contributed by atoms with van der Waals surface area (Å²) in [7, 11) is 4.05. The SMILES string of the molecule is Cc1cc(C(=O)C(C)Cl)c(C)n1CCOCCN(C)C. The summed E-state index contributed by atoms with van der Waals surface area (Å²) in [5, 5.41) is -0.486. The second-order valence-corrected chi connectivity index (χ2v) is 5.99. The van der Waals surface area contributed by atoms with Gasteiger partial charge in [-0.05, 0) is 40.9 Å². The zero-order valence-corrected chi connectivity index (χ0v) is 13.8. The molecule has 0 aliphatic rings. The van der Waals surface area contributed by atoms with Gasteiger partial charge in [0, 0.05) is 30.0 Å². The molecule has 4 nitrogen and oxygen atoms in total. The number of ether oxygens (including phenoxy) is 1. The minimum atomic E-state index is -0.486. The minimum Gasteiger partial charge on any atom is -0.378 e. The normalized spacial score (nSPS) is 12.9. The number of hydrogen-bond acceptors (Lipinski definition) is 3. The molecule has 20 heavy (non-hydrogen) atoms. The number of nitrogens with zero attached hydrogens (tertiary/aromatic N) is 2. The number of halogens is 1. The fourth-order valence-electron chi connectivity index (χ4n) is 2.11. The first-order chi connectivity index (χ1) is 9.34. The van der Waals surface area contributed by atoms with Crippen molar-refractivity contribution in [3.8, 4) is 0 Å². The number of carbonyl (C=O) groups excluding carboxylic acids is 1. The number of likely N-dealkylation sites (N-methyl/N-ethyl adjacent to an activating group) is 1. The van der Waals surface area contributed by atoms with Crippen LogP contribution in [-0.4, -0.2) is 54.5 Å². The standard InChI is InChI=1S/C15H25ClN2O2/c1-11-10-14(15(19)12(2)16)13(3)18(11)7-9-20-8-6-17(4)5/h10,12H,6-9H2,1-5H3. The summed E-state index contributed by atoms with van der Waals surface area (Å²) in [6.45, 7) is 8.71. The van der Waals surface area contributed by atoms with Gasteiger partial charge in [-0.3, -0.25) is 4.79 Å². The van der Waals surface area contributed by atoms with Gasteiger partial charge in [0.05, 0.1) is 18.6 Å². The van der Waals surface area contributed by atoms with Gasteiger partial charge in [-0.25, -0.2) is 0 Å². The second kappa shape index (κ2) is 7.81. The van der Waals surface area contributed by atoms with Crippen molar-refractivity contribution in [2.45, 2.75) is 32.7 Å². The van der Waals surface area contributed by atoms with E-state index in [2.05, 4.69) is 9.47 Å². The lowest BCUT2D eigenvalue weighted by atomic mass is 10.1. The van der Waals surface area contributed by atoms with Gasteiger partial charge >= 0.3 is 0 Å². The molecule has 0 radical (unpaired) electrons. The number of rotatable bonds is 8. The monoisotopic (exact) mass is 300 g/mol. The molecule has 0 N–H and O–H groups in total. The Bertz CT molecular complexity index is 453. The van der Waals surface area contributed by atoms with Gasteiger partial charge in [-0.15, -0.1) is 11.6 Å². The highest BCUT2D eigenvalue weighted by Gasteiger charge is 2.19. The molecule has 1 unspecified atom stereocenters. The molecule has 1 atom stereocenters. The van der Waals surface area contributed by atoms with E-state index in [-0.39, 0.29) is 5.78 Å². The van der Waals surface area contributed by atoms with Crippen LogP contribution in [0.5, 0.6) is 0 Å². The highest BCUT2D eigenvalue weighted by Crippen LogP contribution is 2.18. The number of carbonyl (C=O) groups is 1. The Labute approximate surface area is 126 Å². The van der Waals surface area contributed by atoms with Crippen LogP contribution in [-0.2, 0) is 11.3 Å². The van der Waals surface area contributed by atoms with E-state index < -0.39 is 5.38 Å². The predicted octanol–water partition coefficient (Wildman–Crippen LogP) is 2.49. The molecule has 0 saturated heterocycles. The van der Waals surface area contributed by atoms with Crippen molar-refractivity contribution in [3.63, 3.8) is 0 Å². The fourth-order valence-corrected chi connectivity index (χ4v) is 2.23. The molecule has 0 fully saturated rings. The van der Waals surface area contributed by atoms with Gasteiger partial charge in [0.25, 0.3) is 0 Å². The number of Topliss-reactive ketones (excluding diaryl/α,β-unsaturated/α-hetero) is 1. The second-order valence-electron chi connectivity index (χ2n) is 5.33. The molecule has 0 spiro atoms. The van der Waals surface area contributed by atoms with Crippen LogP contribution in [0.4, 0.5) is 0 Å². The van der Waals surface area contributed by atoms with E-state index >= 15 is 0 Å². The van der Waals surface area contributed by atoms with Crippen LogP contribution in [0, 0.1) is 13.8 Å². The third-order valence-electron chi connectivity index (χ3n) is 3.34. The maximum atomic E-state index is 12.0. The number of aryl methyl sites for hydroxylation is 1. The first-order valence-electron chi connectivity index (χ1n) is 6.92. The van der Waals surface area contributed by atoms with E-state index in [0.29, 0.717) is 6.61 Å². The van der Waals surface area contributed by atoms with Crippen molar-refractivity contribution in [2.75, 3.05) is 33.9 Å². The largest absolute Gasteiger partial charge is 0.378 e. The molecule has 0 amide bonds. The molecular weight excluding hydrogens is 276 g/mol. The van der Waals surface area contributed by atoms with Crippen LogP contribution in [0.15, 0.2) is 6.07 Å². The Balaban J connectivity index is 2.61. The smallest absolute Gasteiger partial charge is 0.182 e. The highest BCUT2D eigenvalue weighted by molar-refractivity contribution is 6.33. The Morgan fingerprint density at radius 3 is 2.60 bits per heavy atom. The average Bonchev–Trinajstić information content (AvgIpc) is 2.64. The summed E-state index contributed by atoms with van der Waals surface area (Å²) in [4.78, 5) is 14.1. The molecule has 0 aromatic carbocycles. The van der Waals surface area contributed by atoms with Gasteiger partial charge in [-0.2, -0.15) is 0 Å². The maximum absolute atomic E-state index is 12.0. The highest BCUT2D eigenvalue weighted by atomic mass is 35.5. The summed E-state index contributed by atoms with van der Waals surface area (Å²) in [5.41, 5.74) is 2.76. The van der Waals surface area contributed by atoms with E-state index in [1.807, 2.05) is 34.0 Å². The van der Waals surface area contributed by atoms with Crippen molar-refractivity contribution in [1.82, 2.24) is 9.47 Å².